The minimum Gasteiger partial charge on any atom is -0.381 e. The summed E-state index contributed by atoms with van der Waals surface area (Å²) in [5.74, 6) is 0.0261. The summed E-state index contributed by atoms with van der Waals surface area (Å²) in [7, 11) is 0. The van der Waals surface area contributed by atoms with Crippen LogP contribution in [0.5, 0.6) is 0 Å². The Labute approximate surface area is 232 Å². The number of carbonyl (C=O) groups excluding carboxylic acids is 2. The number of aryl methyl sites for hydroxylation is 1. The third-order valence-corrected chi connectivity index (χ3v) is 8.15. The average molecular weight is 556 g/mol. The predicted molar refractivity (Wildman–Crippen MR) is 154 cm³/mol. The topological polar surface area (TPSA) is 95.4 Å². The Kier molecular flexibility index (Phi) is 9.02. The molecule has 0 spiro atoms. The van der Waals surface area contributed by atoms with Crippen LogP contribution < -0.4 is 10.6 Å². The van der Waals surface area contributed by atoms with Gasteiger partial charge in [-0.25, -0.2) is 9.98 Å². The van der Waals surface area contributed by atoms with Crippen LogP contribution in [0.2, 0.25) is 0 Å². The summed E-state index contributed by atoms with van der Waals surface area (Å²) in [4.78, 5) is 38.3. The van der Waals surface area contributed by atoms with Crippen LogP contribution in [0.3, 0.4) is 0 Å². The van der Waals surface area contributed by atoms with E-state index in [9.17, 15) is 9.59 Å². The van der Waals surface area contributed by atoms with Gasteiger partial charge in [-0.05, 0) is 58.9 Å². The van der Waals surface area contributed by atoms with Crippen LogP contribution in [0.15, 0.2) is 45.3 Å². The summed E-state index contributed by atoms with van der Waals surface area (Å²) in [5, 5.41) is 6.85. The lowest BCUT2D eigenvalue weighted by Gasteiger charge is -2.25. The monoisotopic (exact) mass is 555 g/mol. The number of carbonyl (C=O) groups is 2. The molecule has 3 heterocycles. The van der Waals surface area contributed by atoms with Gasteiger partial charge in [0.15, 0.2) is 0 Å². The van der Waals surface area contributed by atoms with Gasteiger partial charge in [0.1, 0.15) is 6.04 Å². The van der Waals surface area contributed by atoms with Crippen molar-refractivity contribution in [3.8, 4) is 0 Å². The average Bonchev–Trinajstić information content (AvgIpc) is 3.45. The van der Waals surface area contributed by atoms with E-state index < -0.39 is 6.04 Å². The van der Waals surface area contributed by atoms with Crippen LogP contribution in [0.1, 0.15) is 70.9 Å². The molecule has 8 nitrogen and oxygen atoms in total. The Bertz CT molecular complexity index is 1280. The minimum atomic E-state index is -0.610. The van der Waals surface area contributed by atoms with Crippen LogP contribution in [-0.4, -0.2) is 54.7 Å². The fourth-order valence-corrected chi connectivity index (χ4v) is 5.98. The molecule has 2 aliphatic rings. The number of nitrogens with zero attached hydrogens (tertiary/aromatic N) is 3. The van der Waals surface area contributed by atoms with E-state index in [1.54, 1.807) is 18.7 Å². The third kappa shape index (κ3) is 6.34. The molecule has 0 saturated carbocycles. The first-order valence-electron chi connectivity index (χ1n) is 12.7. The molecule has 1 aromatic carbocycles. The van der Waals surface area contributed by atoms with Crippen molar-refractivity contribution in [3.63, 3.8) is 0 Å². The van der Waals surface area contributed by atoms with Gasteiger partial charge in [0.2, 0.25) is 11.9 Å². The van der Waals surface area contributed by atoms with Crippen LogP contribution in [0.4, 0.5) is 0 Å². The van der Waals surface area contributed by atoms with Crippen LogP contribution >= 0.6 is 22.9 Å². The maximum absolute atomic E-state index is 13.3. The van der Waals surface area contributed by atoms with E-state index in [1.165, 1.54) is 11.3 Å². The van der Waals surface area contributed by atoms with Crippen LogP contribution in [0, 0.1) is 6.92 Å². The van der Waals surface area contributed by atoms with Crippen molar-refractivity contribution >= 4 is 53.1 Å². The van der Waals surface area contributed by atoms with Crippen molar-refractivity contribution in [2.24, 2.45) is 9.98 Å². The molecule has 0 bridgehead atoms. The van der Waals surface area contributed by atoms with Crippen molar-refractivity contribution < 1.29 is 14.3 Å². The first kappa shape index (κ1) is 28.0. The van der Waals surface area contributed by atoms with Gasteiger partial charge in [0.05, 0.1) is 28.7 Å². The van der Waals surface area contributed by atoms with Gasteiger partial charge >= 0.3 is 0 Å². The fourth-order valence-electron chi connectivity index (χ4n) is 4.58. The quantitative estimate of drug-likeness (QED) is 0.370. The molecular weight excluding hydrogens is 522 g/mol. The molecular formula is C28H34ClN5O3S. The predicted octanol–water partition coefficient (Wildman–Crippen LogP) is 5.03. The van der Waals surface area contributed by atoms with Crippen molar-refractivity contribution in [3.05, 3.63) is 61.8 Å². The summed E-state index contributed by atoms with van der Waals surface area (Å²) in [6.45, 7) is 12.9. The molecule has 10 heteroatoms. The van der Waals surface area contributed by atoms with Gasteiger partial charge < -0.3 is 20.3 Å². The van der Waals surface area contributed by atoms with Gasteiger partial charge in [0, 0.05) is 29.2 Å². The standard InChI is InChI=1S/C28H34ClN5O3S/c1-16-7-6-8-20(13-16)18(3)31-26(35)19(4)34-15-24-22(27(34)36)14-23(38-24)25(17(2)29)33-28(30-5)32-21-9-11-37-12-10-21/h6-8,13-14,18-19,21H,5,9-12,15H2,1-4H3,(H,31,35)(H,32,33)/b25-17+/t18-,19-/m1/s1. The summed E-state index contributed by atoms with van der Waals surface area (Å²) in [6.07, 6.45) is 1.72. The highest BCUT2D eigenvalue weighted by Gasteiger charge is 2.36. The number of thiophene rings is 1. The molecule has 2 aromatic rings. The molecule has 2 aliphatic heterocycles. The molecule has 2 atom stereocenters. The van der Waals surface area contributed by atoms with E-state index in [4.69, 9.17) is 16.3 Å². The number of amides is 2. The Morgan fingerprint density at radius 1 is 1.26 bits per heavy atom. The molecule has 1 saturated heterocycles. The molecule has 2 amide bonds. The van der Waals surface area contributed by atoms with Crippen molar-refractivity contribution in [2.45, 2.75) is 65.2 Å². The smallest absolute Gasteiger partial charge is 0.256 e. The van der Waals surface area contributed by atoms with E-state index in [-0.39, 0.29) is 23.9 Å². The zero-order chi connectivity index (χ0) is 27.4. The zero-order valence-corrected chi connectivity index (χ0v) is 23.8. The number of nitrogens with one attached hydrogen (secondary N) is 2. The number of guanidine groups is 1. The molecule has 202 valence electrons. The summed E-state index contributed by atoms with van der Waals surface area (Å²) in [5.41, 5.74) is 3.28. The van der Waals surface area contributed by atoms with E-state index in [0.717, 1.165) is 33.7 Å². The van der Waals surface area contributed by atoms with Gasteiger partial charge in [-0.1, -0.05) is 41.4 Å². The van der Waals surface area contributed by atoms with Crippen molar-refractivity contribution in [2.75, 3.05) is 13.2 Å². The number of hydrogen-bond acceptors (Lipinski definition) is 5. The van der Waals surface area contributed by atoms with Gasteiger partial charge in [-0.15, -0.1) is 11.3 Å². The molecule has 1 fully saturated rings. The molecule has 0 radical (unpaired) electrons. The van der Waals surface area contributed by atoms with Crippen LogP contribution in [-0.2, 0) is 16.1 Å². The maximum Gasteiger partial charge on any atom is 0.256 e. The number of halogens is 1. The number of aliphatic imine (C=N–C) groups is 2. The van der Waals surface area contributed by atoms with E-state index in [1.807, 2.05) is 38.1 Å². The molecule has 0 aliphatic carbocycles. The number of benzene rings is 1. The number of fused-ring (bicyclic) bond motifs is 1. The van der Waals surface area contributed by atoms with E-state index in [0.29, 0.717) is 42.0 Å². The first-order chi connectivity index (χ1) is 18.2. The molecule has 1 aromatic heterocycles. The van der Waals surface area contributed by atoms with Crippen molar-refractivity contribution in [1.82, 2.24) is 15.5 Å². The highest BCUT2D eigenvalue weighted by Crippen LogP contribution is 2.37. The van der Waals surface area contributed by atoms with E-state index in [2.05, 4.69) is 33.4 Å². The minimum absolute atomic E-state index is 0.164. The van der Waals surface area contributed by atoms with Crippen molar-refractivity contribution in [1.29, 1.82) is 0 Å². The lowest BCUT2D eigenvalue weighted by molar-refractivity contribution is -0.125. The Morgan fingerprint density at radius 3 is 2.63 bits per heavy atom. The molecule has 4 rings (SSSR count). The number of rotatable bonds is 7. The van der Waals surface area contributed by atoms with Crippen LogP contribution in [0.25, 0.3) is 5.70 Å². The van der Waals surface area contributed by atoms with E-state index >= 15 is 0 Å². The van der Waals surface area contributed by atoms with Gasteiger partial charge in [0.25, 0.3) is 5.91 Å². The Balaban J connectivity index is 1.46. The summed E-state index contributed by atoms with van der Waals surface area (Å²) >= 11 is 7.88. The highest BCUT2D eigenvalue weighted by atomic mass is 35.5. The first-order valence-corrected chi connectivity index (χ1v) is 13.9. The SMILES string of the molecule is C=N/C(=N\C(=C(/C)Cl)c1cc2c(s1)CN([C@H](C)C(=O)N[C@H](C)c1cccc(C)c1)C2=O)NC1CCOCC1. The zero-order valence-electron chi connectivity index (χ0n) is 22.2. The second-order valence-corrected chi connectivity index (χ2v) is 11.4. The Hall–Kier alpha value is -3.01. The summed E-state index contributed by atoms with van der Waals surface area (Å²) < 4.78 is 5.42. The highest BCUT2D eigenvalue weighted by molar-refractivity contribution is 7.13. The largest absolute Gasteiger partial charge is 0.381 e. The molecule has 0 unspecified atom stereocenters. The number of allylic oxidation sites excluding steroid dienone is 1. The number of ether oxygens (including phenoxy) is 1. The normalized spacial score (nSPS) is 18.5. The third-order valence-electron chi connectivity index (χ3n) is 6.84. The molecule has 38 heavy (non-hydrogen) atoms. The molecule has 2 N–H and O–H groups in total. The van der Waals surface area contributed by atoms with Gasteiger partial charge in [-0.3, -0.25) is 9.59 Å². The van der Waals surface area contributed by atoms with Gasteiger partial charge in [-0.2, -0.15) is 0 Å². The maximum atomic E-state index is 13.3. The second-order valence-electron chi connectivity index (χ2n) is 9.71. The summed E-state index contributed by atoms with van der Waals surface area (Å²) in [6, 6.07) is 9.27. The Morgan fingerprint density at radius 2 is 2.00 bits per heavy atom. The lowest BCUT2D eigenvalue weighted by Crippen LogP contribution is -2.45. The lowest BCUT2D eigenvalue weighted by atomic mass is 10.1. The number of hydrogen-bond donors (Lipinski definition) is 2. The fraction of sp³-hybridized carbons (Fsp3) is 0.429. The second kappa shape index (κ2) is 12.2.